The maximum absolute atomic E-state index is 4.89. The van der Waals surface area contributed by atoms with E-state index >= 15 is 0 Å². The average Bonchev–Trinajstić information content (AvgIpc) is 2.95. The van der Waals surface area contributed by atoms with E-state index < -0.39 is 0 Å². The minimum absolute atomic E-state index is 0.659. The number of nitrogens with one attached hydrogen (secondary N) is 1. The molecular weight excluding hydrogens is 206 g/mol. The fraction of sp³-hybridized carbons (Fsp3) is 0.500. The van der Waals surface area contributed by atoms with Crippen molar-refractivity contribution in [3.63, 3.8) is 0 Å². The average molecular weight is 221 g/mol. The van der Waals surface area contributed by atoms with Crippen LogP contribution in [0.3, 0.4) is 0 Å². The van der Waals surface area contributed by atoms with Crippen LogP contribution in [-0.2, 0) is 19.5 Å². The Morgan fingerprint density at radius 2 is 2.38 bits per heavy atom. The van der Waals surface area contributed by atoms with Crippen molar-refractivity contribution in [1.82, 2.24) is 25.0 Å². The number of rotatable bonds is 6. The molecule has 0 amide bonds. The molecule has 0 unspecified atom stereocenters. The minimum Gasteiger partial charge on any atom is -0.340 e. The lowest BCUT2D eigenvalue weighted by molar-refractivity contribution is 0.374. The monoisotopic (exact) mass is 221 g/mol. The molecule has 0 aliphatic heterocycles. The van der Waals surface area contributed by atoms with Gasteiger partial charge in [0.05, 0.1) is 6.54 Å². The van der Waals surface area contributed by atoms with E-state index in [-0.39, 0.29) is 0 Å². The van der Waals surface area contributed by atoms with E-state index in [1.54, 1.807) is 0 Å². The Bertz CT molecular complexity index is 409. The number of hydrogen-bond donors (Lipinski definition) is 1. The lowest BCUT2D eigenvalue weighted by Crippen LogP contribution is -2.19. The van der Waals surface area contributed by atoms with Crippen molar-refractivity contribution in [2.24, 2.45) is 0 Å². The Labute approximate surface area is 93.7 Å². The SMILES string of the molecule is CCn1ccnc1CNCCc1ncno1. The first-order valence-electron chi connectivity index (χ1n) is 5.36. The molecule has 86 valence electrons. The van der Waals surface area contributed by atoms with Gasteiger partial charge in [0, 0.05) is 31.9 Å². The van der Waals surface area contributed by atoms with E-state index in [9.17, 15) is 0 Å². The molecule has 0 aromatic carbocycles. The lowest BCUT2D eigenvalue weighted by atomic mass is 10.4. The van der Waals surface area contributed by atoms with Crippen LogP contribution < -0.4 is 5.32 Å². The zero-order valence-electron chi connectivity index (χ0n) is 9.26. The van der Waals surface area contributed by atoms with Crippen LogP contribution in [-0.4, -0.2) is 26.2 Å². The molecule has 0 spiro atoms. The summed E-state index contributed by atoms with van der Waals surface area (Å²) in [5, 5.41) is 6.84. The zero-order valence-corrected chi connectivity index (χ0v) is 9.26. The van der Waals surface area contributed by atoms with Crippen molar-refractivity contribution in [3.05, 3.63) is 30.4 Å². The highest BCUT2D eigenvalue weighted by molar-refractivity contribution is 4.91. The highest BCUT2D eigenvalue weighted by Gasteiger charge is 2.01. The summed E-state index contributed by atoms with van der Waals surface area (Å²) in [6, 6.07) is 0. The molecule has 0 aliphatic carbocycles. The van der Waals surface area contributed by atoms with Crippen LogP contribution >= 0.6 is 0 Å². The smallest absolute Gasteiger partial charge is 0.227 e. The molecule has 0 saturated carbocycles. The van der Waals surface area contributed by atoms with Crippen LogP contribution in [0.4, 0.5) is 0 Å². The number of aromatic nitrogens is 4. The number of hydrogen-bond acceptors (Lipinski definition) is 5. The van der Waals surface area contributed by atoms with Gasteiger partial charge < -0.3 is 14.4 Å². The van der Waals surface area contributed by atoms with E-state index in [2.05, 4.69) is 31.9 Å². The van der Waals surface area contributed by atoms with Gasteiger partial charge in [-0.25, -0.2) is 4.98 Å². The maximum atomic E-state index is 4.89. The van der Waals surface area contributed by atoms with Crippen molar-refractivity contribution in [3.8, 4) is 0 Å². The van der Waals surface area contributed by atoms with Crippen LogP contribution in [0.1, 0.15) is 18.6 Å². The largest absolute Gasteiger partial charge is 0.340 e. The van der Waals surface area contributed by atoms with Gasteiger partial charge in [-0.15, -0.1) is 0 Å². The summed E-state index contributed by atoms with van der Waals surface area (Å²) < 4.78 is 7.00. The van der Waals surface area contributed by atoms with Gasteiger partial charge in [0.15, 0.2) is 6.33 Å². The number of nitrogens with zero attached hydrogens (tertiary/aromatic N) is 4. The molecule has 2 rings (SSSR count). The summed E-state index contributed by atoms with van der Waals surface area (Å²) in [6.45, 7) is 4.61. The molecule has 1 N–H and O–H groups in total. The van der Waals surface area contributed by atoms with E-state index in [0.717, 1.165) is 31.9 Å². The molecule has 0 bridgehead atoms. The number of aryl methyl sites for hydroxylation is 1. The molecule has 16 heavy (non-hydrogen) atoms. The highest BCUT2D eigenvalue weighted by atomic mass is 16.5. The predicted molar refractivity (Wildman–Crippen MR) is 57.6 cm³/mol. The molecule has 0 saturated heterocycles. The second kappa shape index (κ2) is 5.41. The van der Waals surface area contributed by atoms with Gasteiger partial charge in [0.25, 0.3) is 0 Å². The number of imidazole rings is 1. The maximum Gasteiger partial charge on any atom is 0.227 e. The van der Waals surface area contributed by atoms with Crippen LogP contribution in [0.15, 0.2) is 23.2 Å². The molecule has 2 aromatic heterocycles. The molecule has 0 radical (unpaired) electrons. The Morgan fingerprint density at radius 3 is 3.12 bits per heavy atom. The first kappa shape index (κ1) is 10.8. The Hall–Kier alpha value is -1.69. The first-order valence-corrected chi connectivity index (χ1v) is 5.36. The van der Waals surface area contributed by atoms with E-state index in [4.69, 9.17) is 4.52 Å². The summed E-state index contributed by atoms with van der Waals surface area (Å²) in [6.07, 6.45) is 5.96. The Morgan fingerprint density at radius 1 is 1.44 bits per heavy atom. The summed E-state index contributed by atoms with van der Waals surface area (Å²) >= 11 is 0. The normalized spacial score (nSPS) is 10.8. The summed E-state index contributed by atoms with van der Waals surface area (Å²) in [7, 11) is 0. The van der Waals surface area contributed by atoms with Crippen molar-refractivity contribution in [2.45, 2.75) is 26.4 Å². The van der Waals surface area contributed by atoms with Crippen LogP contribution in [0, 0.1) is 0 Å². The first-order chi connectivity index (χ1) is 7.90. The second-order valence-electron chi connectivity index (χ2n) is 3.39. The third-order valence-electron chi connectivity index (χ3n) is 2.35. The highest BCUT2D eigenvalue weighted by Crippen LogP contribution is 1.97. The molecular formula is C10H15N5O. The Kier molecular flexibility index (Phi) is 3.66. The van der Waals surface area contributed by atoms with Crippen molar-refractivity contribution in [2.75, 3.05) is 6.54 Å². The van der Waals surface area contributed by atoms with E-state index in [0.29, 0.717) is 5.89 Å². The summed E-state index contributed by atoms with van der Waals surface area (Å²) in [5.74, 6) is 1.71. The topological polar surface area (TPSA) is 68.8 Å². The minimum atomic E-state index is 0.659. The lowest BCUT2D eigenvalue weighted by Gasteiger charge is -2.05. The molecule has 6 heteroatoms. The van der Waals surface area contributed by atoms with E-state index in [1.807, 2.05) is 12.4 Å². The molecule has 6 nitrogen and oxygen atoms in total. The summed E-state index contributed by atoms with van der Waals surface area (Å²) in [4.78, 5) is 8.22. The van der Waals surface area contributed by atoms with E-state index in [1.165, 1.54) is 6.33 Å². The van der Waals surface area contributed by atoms with Gasteiger partial charge in [0.2, 0.25) is 5.89 Å². The van der Waals surface area contributed by atoms with Gasteiger partial charge in [-0.3, -0.25) is 0 Å². The summed E-state index contributed by atoms with van der Waals surface area (Å²) in [5.41, 5.74) is 0. The molecule has 0 atom stereocenters. The third kappa shape index (κ3) is 2.66. The molecule has 0 fully saturated rings. The van der Waals surface area contributed by atoms with Gasteiger partial charge >= 0.3 is 0 Å². The van der Waals surface area contributed by atoms with Crippen LogP contribution in [0.25, 0.3) is 0 Å². The van der Waals surface area contributed by atoms with Crippen molar-refractivity contribution in [1.29, 1.82) is 0 Å². The molecule has 2 aromatic rings. The van der Waals surface area contributed by atoms with Crippen LogP contribution in [0.2, 0.25) is 0 Å². The van der Waals surface area contributed by atoms with Gasteiger partial charge in [-0.05, 0) is 6.92 Å². The van der Waals surface area contributed by atoms with Crippen molar-refractivity contribution < 1.29 is 4.52 Å². The second-order valence-corrected chi connectivity index (χ2v) is 3.39. The molecule has 0 aliphatic rings. The van der Waals surface area contributed by atoms with Gasteiger partial charge in [0.1, 0.15) is 5.82 Å². The Balaban J connectivity index is 1.72. The predicted octanol–water partition coefficient (Wildman–Crippen LogP) is 0.618. The fourth-order valence-corrected chi connectivity index (χ4v) is 1.50. The van der Waals surface area contributed by atoms with Crippen molar-refractivity contribution >= 4 is 0 Å². The molecule has 2 heterocycles. The van der Waals surface area contributed by atoms with Gasteiger partial charge in [-0.2, -0.15) is 4.98 Å². The standard InChI is InChI=1S/C10H15N5O/c1-2-15-6-5-12-9(15)7-11-4-3-10-13-8-14-16-10/h5-6,8,11H,2-4,7H2,1H3. The quantitative estimate of drug-likeness (QED) is 0.724. The fourth-order valence-electron chi connectivity index (χ4n) is 1.50. The zero-order chi connectivity index (χ0) is 11.2. The van der Waals surface area contributed by atoms with Crippen LogP contribution in [0.5, 0.6) is 0 Å². The van der Waals surface area contributed by atoms with Gasteiger partial charge in [-0.1, -0.05) is 5.16 Å². The third-order valence-corrected chi connectivity index (χ3v) is 2.35.